The molecule has 0 fully saturated rings. The summed E-state index contributed by atoms with van der Waals surface area (Å²) in [5, 5.41) is 9.23. The van der Waals surface area contributed by atoms with Crippen molar-refractivity contribution in [1.82, 2.24) is 4.90 Å². The van der Waals surface area contributed by atoms with Crippen molar-refractivity contribution in [3.05, 3.63) is 0 Å². The molecular weight excluding hydrogens is 279 g/mol. The molecule has 0 aliphatic carbocycles. The molecule has 114 valence electrons. The fourth-order valence-electron chi connectivity index (χ4n) is 1.77. The van der Waals surface area contributed by atoms with Gasteiger partial charge in [0.05, 0.1) is 6.42 Å². The van der Waals surface area contributed by atoms with Crippen LogP contribution in [-0.4, -0.2) is 45.4 Å². The second kappa shape index (κ2) is 7.26. The van der Waals surface area contributed by atoms with E-state index in [1.807, 2.05) is 6.92 Å². The van der Waals surface area contributed by atoms with Gasteiger partial charge < -0.3 is 5.11 Å². The number of nitrogens with zero attached hydrogens (tertiary/aromatic N) is 1. The van der Waals surface area contributed by atoms with Gasteiger partial charge in [0.15, 0.2) is 0 Å². The first-order chi connectivity index (χ1) is 8.49. The van der Waals surface area contributed by atoms with E-state index in [-0.39, 0.29) is 11.8 Å². The lowest BCUT2D eigenvalue weighted by Crippen LogP contribution is -2.52. The van der Waals surface area contributed by atoms with Crippen molar-refractivity contribution >= 4 is 17.9 Å². The van der Waals surface area contributed by atoms with Crippen molar-refractivity contribution in [1.29, 1.82) is 0 Å². The predicted octanol–water partition coefficient (Wildman–Crippen LogP) is 4.23. The normalized spacial score (nSPS) is 14.3. The van der Waals surface area contributed by atoms with Crippen molar-refractivity contribution < 1.29 is 23.1 Å². The zero-order valence-electron chi connectivity index (χ0n) is 11.8. The molecule has 0 heterocycles. The quantitative estimate of drug-likeness (QED) is 0.746. The summed E-state index contributed by atoms with van der Waals surface area (Å²) < 4.78 is 36.1. The van der Waals surface area contributed by atoms with Gasteiger partial charge in [0.1, 0.15) is 0 Å². The number of alkyl halides is 3. The molecule has 0 rings (SSSR count). The highest BCUT2D eigenvalue weighted by atomic mass is 32.2. The third-order valence-electron chi connectivity index (χ3n) is 2.61. The van der Waals surface area contributed by atoms with Gasteiger partial charge in [0, 0.05) is 23.1 Å². The van der Waals surface area contributed by atoms with Gasteiger partial charge in [0.2, 0.25) is 0 Å². The summed E-state index contributed by atoms with van der Waals surface area (Å²) in [4.78, 5) is 12.6. The number of hydrogen-bond acceptors (Lipinski definition) is 2. The van der Waals surface area contributed by atoms with E-state index >= 15 is 0 Å². The van der Waals surface area contributed by atoms with Crippen molar-refractivity contribution in [3.63, 3.8) is 0 Å². The Morgan fingerprint density at radius 2 is 1.84 bits per heavy atom. The SMILES string of the molecule is CC[C@H](CSCCC(F)(F)F)N(C(=O)O)C(C)(C)C. The molecule has 0 unspecified atom stereocenters. The van der Waals surface area contributed by atoms with Crippen molar-refractivity contribution in [2.75, 3.05) is 11.5 Å². The Kier molecular flexibility index (Phi) is 7.04. The van der Waals surface area contributed by atoms with Gasteiger partial charge in [-0.2, -0.15) is 24.9 Å². The maximum absolute atomic E-state index is 12.0. The highest BCUT2D eigenvalue weighted by Gasteiger charge is 2.32. The molecule has 0 aliphatic rings. The highest BCUT2D eigenvalue weighted by molar-refractivity contribution is 7.99. The number of halogens is 3. The van der Waals surface area contributed by atoms with Crippen LogP contribution in [0.25, 0.3) is 0 Å². The van der Waals surface area contributed by atoms with Crippen molar-refractivity contribution in [2.45, 2.75) is 58.3 Å². The molecular formula is C12H22F3NO2S. The van der Waals surface area contributed by atoms with Crippen LogP contribution in [0.1, 0.15) is 40.5 Å². The Hall–Kier alpha value is -0.590. The molecule has 19 heavy (non-hydrogen) atoms. The summed E-state index contributed by atoms with van der Waals surface area (Å²) in [5.41, 5.74) is -0.558. The lowest BCUT2D eigenvalue weighted by atomic mass is 10.0. The van der Waals surface area contributed by atoms with Gasteiger partial charge in [0.25, 0.3) is 0 Å². The van der Waals surface area contributed by atoms with Gasteiger partial charge in [-0.15, -0.1) is 0 Å². The first-order valence-corrected chi connectivity index (χ1v) is 7.31. The number of carboxylic acid groups (broad SMARTS) is 1. The van der Waals surface area contributed by atoms with Crippen LogP contribution < -0.4 is 0 Å². The van der Waals surface area contributed by atoms with Gasteiger partial charge >= 0.3 is 12.3 Å². The van der Waals surface area contributed by atoms with Crippen molar-refractivity contribution in [2.24, 2.45) is 0 Å². The second-order valence-corrected chi connectivity index (χ2v) is 6.48. The summed E-state index contributed by atoms with van der Waals surface area (Å²) >= 11 is 1.15. The first kappa shape index (κ1) is 18.4. The Labute approximate surface area is 116 Å². The van der Waals surface area contributed by atoms with Crippen LogP contribution in [0.5, 0.6) is 0 Å². The molecule has 0 spiro atoms. The maximum Gasteiger partial charge on any atom is 0.408 e. The Bertz CT molecular complexity index is 290. The Morgan fingerprint density at radius 1 is 1.32 bits per heavy atom. The van der Waals surface area contributed by atoms with Crippen LogP contribution in [0.4, 0.5) is 18.0 Å². The maximum atomic E-state index is 12.0. The van der Waals surface area contributed by atoms with Crippen molar-refractivity contribution in [3.8, 4) is 0 Å². The fraction of sp³-hybridized carbons (Fsp3) is 0.917. The molecule has 0 radical (unpaired) electrons. The molecule has 1 atom stereocenters. The number of hydrogen-bond donors (Lipinski definition) is 1. The molecule has 7 heteroatoms. The molecule has 0 aromatic carbocycles. The summed E-state index contributed by atoms with van der Waals surface area (Å²) in [7, 11) is 0. The monoisotopic (exact) mass is 301 g/mol. The van der Waals surface area contributed by atoms with E-state index in [9.17, 15) is 23.1 Å². The molecule has 3 nitrogen and oxygen atoms in total. The van der Waals surface area contributed by atoms with Crippen LogP contribution in [-0.2, 0) is 0 Å². The van der Waals surface area contributed by atoms with Gasteiger partial charge in [-0.05, 0) is 27.2 Å². The van der Waals surface area contributed by atoms with E-state index in [4.69, 9.17) is 0 Å². The minimum absolute atomic E-state index is 0.0302. The minimum atomic E-state index is -4.15. The summed E-state index contributed by atoms with van der Waals surface area (Å²) in [6.45, 7) is 7.19. The topological polar surface area (TPSA) is 40.5 Å². The lowest BCUT2D eigenvalue weighted by molar-refractivity contribution is -0.129. The molecule has 0 saturated carbocycles. The molecule has 1 N–H and O–H groups in total. The van der Waals surface area contributed by atoms with E-state index in [1.165, 1.54) is 4.90 Å². The van der Waals surface area contributed by atoms with Crippen LogP contribution >= 0.6 is 11.8 Å². The van der Waals surface area contributed by atoms with Crippen LogP contribution in [0.2, 0.25) is 0 Å². The summed E-state index contributed by atoms with van der Waals surface area (Å²) in [6, 6.07) is -0.268. The van der Waals surface area contributed by atoms with Crippen LogP contribution in [0.15, 0.2) is 0 Å². The molecule has 1 amide bonds. The standard InChI is InChI=1S/C12H22F3NO2S/c1-5-9(8-19-7-6-12(13,14)15)16(10(17)18)11(2,3)4/h9H,5-8H2,1-4H3,(H,17,18)/t9-/m1/s1. The average molecular weight is 301 g/mol. The number of carbonyl (C=O) groups is 1. The van der Waals surface area contributed by atoms with Crippen LogP contribution in [0.3, 0.4) is 0 Å². The summed E-state index contributed by atoms with van der Waals surface area (Å²) in [6.07, 6.45) is -5.43. The number of rotatable bonds is 6. The fourth-order valence-corrected chi connectivity index (χ4v) is 2.97. The molecule has 0 bridgehead atoms. The Morgan fingerprint density at radius 3 is 2.16 bits per heavy atom. The van der Waals surface area contributed by atoms with E-state index in [1.54, 1.807) is 20.8 Å². The molecule has 0 saturated heterocycles. The smallest absolute Gasteiger partial charge is 0.408 e. The first-order valence-electron chi connectivity index (χ1n) is 6.15. The predicted molar refractivity (Wildman–Crippen MR) is 71.7 cm³/mol. The number of thioether (sulfide) groups is 1. The molecule has 0 aliphatic heterocycles. The Balaban J connectivity index is 4.43. The zero-order valence-corrected chi connectivity index (χ0v) is 12.6. The zero-order chi connectivity index (χ0) is 15.3. The summed E-state index contributed by atoms with van der Waals surface area (Å²) in [5.74, 6) is 0.355. The van der Waals surface area contributed by atoms with E-state index in [0.717, 1.165) is 11.8 Å². The number of amides is 1. The third kappa shape index (κ3) is 7.54. The van der Waals surface area contributed by atoms with E-state index in [2.05, 4.69) is 0 Å². The lowest BCUT2D eigenvalue weighted by Gasteiger charge is -2.39. The van der Waals surface area contributed by atoms with Gasteiger partial charge in [-0.1, -0.05) is 6.92 Å². The highest BCUT2D eigenvalue weighted by Crippen LogP contribution is 2.25. The van der Waals surface area contributed by atoms with E-state index < -0.39 is 24.2 Å². The average Bonchev–Trinajstić information content (AvgIpc) is 2.18. The van der Waals surface area contributed by atoms with Crippen LogP contribution in [0, 0.1) is 0 Å². The van der Waals surface area contributed by atoms with Gasteiger partial charge in [-0.3, -0.25) is 4.90 Å². The van der Waals surface area contributed by atoms with E-state index in [0.29, 0.717) is 12.2 Å². The second-order valence-electron chi connectivity index (χ2n) is 5.33. The minimum Gasteiger partial charge on any atom is -0.465 e. The third-order valence-corrected chi connectivity index (χ3v) is 3.72. The molecule has 0 aromatic rings. The largest absolute Gasteiger partial charge is 0.465 e. The van der Waals surface area contributed by atoms with Gasteiger partial charge in [-0.25, -0.2) is 4.79 Å². The molecule has 0 aromatic heterocycles.